The van der Waals surface area contributed by atoms with Gasteiger partial charge in [0, 0.05) is 33.0 Å². The number of aromatic nitrogens is 3. The molecule has 9 rings (SSSR count). The molecule has 0 spiro atoms. The maximum atomic E-state index is 6.52. The van der Waals surface area contributed by atoms with E-state index in [0.717, 1.165) is 38.6 Å². The fourth-order valence-electron chi connectivity index (χ4n) is 7.40. The topological polar surface area (TPSA) is 51.8 Å². The molecule has 14 heteroatoms. The Labute approximate surface area is 355 Å². The minimum Gasteiger partial charge on any atom is -0.455 e. The molecular weight excluding hydrogens is 707 g/mol. The Morgan fingerprint density at radius 1 is 0.322 bits per heavy atom. The molecule has 0 fully saturated rings. The van der Waals surface area contributed by atoms with E-state index in [4.69, 9.17) is 97.8 Å². The van der Waals surface area contributed by atoms with Crippen LogP contribution in [0.3, 0.4) is 0 Å². The molecule has 0 saturated carbocycles. The summed E-state index contributed by atoms with van der Waals surface area (Å²) in [5.74, 6) is 0.229. The lowest BCUT2D eigenvalue weighted by Gasteiger charge is -2.22. The highest BCUT2D eigenvalue weighted by atomic mass is 16.3. The van der Waals surface area contributed by atoms with E-state index in [1.165, 1.54) is 11.1 Å². The second-order valence-corrected chi connectivity index (χ2v) is 14.2. The number of benzene rings is 7. The Bertz CT molecular complexity index is 3010. The normalized spacial score (nSPS) is 11.4. The zero-order valence-corrected chi connectivity index (χ0v) is 31.5. The number of fused-ring (bicyclic) bond motifs is 3. The molecule has 250 valence electrons. The van der Waals surface area contributed by atoms with Crippen molar-refractivity contribution in [3.63, 3.8) is 0 Å². The van der Waals surface area contributed by atoms with E-state index < -0.39 is 0 Å². The predicted molar refractivity (Wildman–Crippen MR) is 254 cm³/mol. The average Bonchev–Trinajstić information content (AvgIpc) is 3.65. The molecule has 0 aliphatic rings. The highest BCUT2D eigenvalue weighted by molar-refractivity contribution is 6.69. The van der Waals surface area contributed by atoms with Crippen LogP contribution in [0.15, 0.2) is 120 Å². The molecule has 2 heterocycles. The highest BCUT2D eigenvalue weighted by Gasteiger charge is 2.22. The molecule has 9 aromatic rings. The van der Waals surface area contributed by atoms with Crippen LogP contribution in [0.2, 0.25) is 0 Å². The smallest absolute Gasteiger partial charge is 0.164 e. The van der Waals surface area contributed by atoms with Gasteiger partial charge in [0.1, 0.15) is 89.6 Å². The molecule has 0 aliphatic carbocycles. The molecule has 0 saturated heterocycles. The minimum absolute atomic E-state index is 0.0150. The van der Waals surface area contributed by atoms with Gasteiger partial charge in [-0.15, -0.1) is 32.8 Å². The molecule has 7 aromatic carbocycles. The Hall–Kier alpha value is -6.00. The standard InChI is InChI=1S/C45H19B10N3O/c46-32-30(33(47)37(51)40(54)36(32)50)44-56-43(57-45(58-44)31-34(48)38(52)41(55)39(53)35(31)49)25-17-18-29-28(19-25)27-8-4-7-26(42(27)59-29)24-15-13-23(14-16-24)22-11-9-21(10-12-22)20-5-2-1-3-6-20/h1-19H. The van der Waals surface area contributed by atoms with Gasteiger partial charge in [-0.25, -0.2) is 15.0 Å². The van der Waals surface area contributed by atoms with Crippen molar-refractivity contribution in [1.29, 1.82) is 0 Å². The van der Waals surface area contributed by atoms with Gasteiger partial charge in [-0.05, 0) is 46.0 Å². The van der Waals surface area contributed by atoms with Gasteiger partial charge in [0.15, 0.2) is 17.5 Å². The number of furan rings is 1. The van der Waals surface area contributed by atoms with Crippen LogP contribution in [0.4, 0.5) is 0 Å². The number of para-hydroxylation sites is 1. The Balaban J connectivity index is 1.15. The summed E-state index contributed by atoms with van der Waals surface area (Å²) in [5, 5.41) is 1.70. The molecule has 59 heavy (non-hydrogen) atoms. The predicted octanol–water partition coefficient (Wildman–Crippen LogP) is -0.289. The van der Waals surface area contributed by atoms with E-state index in [2.05, 4.69) is 60.7 Å². The summed E-state index contributed by atoms with van der Waals surface area (Å²) in [4.78, 5) is 14.3. The fraction of sp³-hybridized carbons (Fsp3) is 0. The first kappa shape index (κ1) is 38.5. The van der Waals surface area contributed by atoms with Gasteiger partial charge >= 0.3 is 0 Å². The molecule has 0 N–H and O–H groups in total. The van der Waals surface area contributed by atoms with E-state index in [-0.39, 0.29) is 83.2 Å². The quantitative estimate of drug-likeness (QED) is 0.222. The summed E-state index contributed by atoms with van der Waals surface area (Å²) in [5.41, 5.74) is 8.97. The van der Waals surface area contributed by atoms with Crippen molar-refractivity contribution >= 4 is 155 Å². The van der Waals surface area contributed by atoms with E-state index in [9.17, 15) is 0 Å². The maximum Gasteiger partial charge on any atom is 0.164 e. The SMILES string of the molecule is [B]c1c([B])c([B])c(-c2nc(-c3ccc4oc5c(-c6ccc(-c7ccc(-c8ccccc8)cc7)cc6)cccc5c4c3)nc(-c3c([B])c([B])c([B])c([B])c3[B])n2)c([B])c1[B]. The second-order valence-electron chi connectivity index (χ2n) is 14.2. The number of hydrogen-bond acceptors (Lipinski definition) is 4. The van der Waals surface area contributed by atoms with Crippen LogP contribution in [-0.2, 0) is 0 Å². The van der Waals surface area contributed by atoms with Crippen molar-refractivity contribution in [3.8, 4) is 67.5 Å². The van der Waals surface area contributed by atoms with Crippen LogP contribution in [0, 0.1) is 0 Å². The fourth-order valence-corrected chi connectivity index (χ4v) is 7.40. The van der Waals surface area contributed by atoms with Gasteiger partial charge in [-0.3, -0.25) is 0 Å². The van der Waals surface area contributed by atoms with Gasteiger partial charge in [0.25, 0.3) is 0 Å². The summed E-state index contributed by atoms with van der Waals surface area (Å²) in [7, 11) is 63.1. The highest BCUT2D eigenvalue weighted by Crippen LogP contribution is 2.38. The van der Waals surface area contributed by atoms with Crippen LogP contribution < -0.4 is 54.6 Å². The average molecular weight is 726 g/mol. The maximum absolute atomic E-state index is 6.52. The number of nitrogens with zero attached hydrogens (tertiary/aromatic N) is 3. The first-order valence-corrected chi connectivity index (χ1v) is 18.4. The van der Waals surface area contributed by atoms with E-state index in [1.807, 2.05) is 54.6 Å². The van der Waals surface area contributed by atoms with Crippen molar-refractivity contribution in [2.45, 2.75) is 0 Å². The Kier molecular flexibility index (Phi) is 9.78. The van der Waals surface area contributed by atoms with Gasteiger partial charge in [0.2, 0.25) is 0 Å². The third-order valence-corrected chi connectivity index (χ3v) is 10.8. The Morgan fingerprint density at radius 2 is 0.729 bits per heavy atom. The van der Waals surface area contributed by atoms with Crippen LogP contribution in [0.1, 0.15) is 0 Å². The Morgan fingerprint density at radius 3 is 1.22 bits per heavy atom. The molecule has 0 unspecified atom stereocenters. The molecule has 0 atom stereocenters. The van der Waals surface area contributed by atoms with Crippen LogP contribution in [0.5, 0.6) is 0 Å². The van der Waals surface area contributed by atoms with Crippen LogP contribution in [0.25, 0.3) is 89.5 Å². The van der Waals surface area contributed by atoms with Crippen molar-refractivity contribution in [1.82, 2.24) is 15.0 Å². The summed E-state index contributed by atoms with van der Waals surface area (Å²) in [6, 6.07) is 39.0. The molecule has 0 aliphatic heterocycles. The molecule has 20 radical (unpaired) electrons. The monoisotopic (exact) mass is 727 g/mol. The summed E-state index contributed by atoms with van der Waals surface area (Å²) in [6.07, 6.45) is 0. The lowest BCUT2D eigenvalue weighted by Crippen LogP contribution is -2.55. The van der Waals surface area contributed by atoms with Crippen LogP contribution in [-0.4, -0.2) is 93.4 Å². The van der Waals surface area contributed by atoms with Crippen molar-refractivity contribution in [3.05, 3.63) is 115 Å². The zero-order chi connectivity index (χ0) is 41.3. The van der Waals surface area contributed by atoms with Crippen LogP contribution >= 0.6 is 0 Å². The van der Waals surface area contributed by atoms with Crippen molar-refractivity contribution < 1.29 is 4.42 Å². The summed E-state index contributed by atoms with van der Waals surface area (Å²) in [6.45, 7) is 0. The molecule has 2 aromatic heterocycles. The number of hydrogen-bond donors (Lipinski definition) is 0. The summed E-state index contributed by atoms with van der Waals surface area (Å²) < 4.78 is 6.52. The lowest BCUT2D eigenvalue weighted by molar-refractivity contribution is 0.670. The van der Waals surface area contributed by atoms with Crippen molar-refractivity contribution in [2.24, 2.45) is 0 Å². The van der Waals surface area contributed by atoms with Gasteiger partial charge in [0.05, 0.1) is 0 Å². The zero-order valence-electron chi connectivity index (χ0n) is 31.5. The first-order chi connectivity index (χ1) is 28.4. The molecule has 4 nitrogen and oxygen atoms in total. The third kappa shape index (κ3) is 6.54. The molecule has 0 amide bonds. The van der Waals surface area contributed by atoms with Gasteiger partial charge in [-0.2, -0.15) is 0 Å². The third-order valence-electron chi connectivity index (χ3n) is 10.8. The number of rotatable bonds is 6. The largest absolute Gasteiger partial charge is 0.455 e. The van der Waals surface area contributed by atoms with Gasteiger partial charge in [-0.1, -0.05) is 119 Å². The van der Waals surface area contributed by atoms with E-state index in [0.29, 0.717) is 11.1 Å². The second kappa shape index (κ2) is 15.0. The minimum atomic E-state index is 0.0150. The lowest BCUT2D eigenvalue weighted by atomic mass is 9.60. The van der Waals surface area contributed by atoms with Gasteiger partial charge < -0.3 is 4.42 Å². The molecule has 0 bridgehead atoms. The summed E-state index contributed by atoms with van der Waals surface area (Å²) >= 11 is 0. The first-order valence-electron chi connectivity index (χ1n) is 18.4. The van der Waals surface area contributed by atoms with E-state index in [1.54, 1.807) is 0 Å². The van der Waals surface area contributed by atoms with Crippen molar-refractivity contribution in [2.75, 3.05) is 0 Å². The molecular formula is C45H19B10N3O. The van der Waals surface area contributed by atoms with E-state index >= 15 is 0 Å².